The van der Waals surface area contributed by atoms with Crippen molar-refractivity contribution >= 4 is 0 Å². The molecule has 1 heterocycles. The van der Waals surface area contributed by atoms with Crippen LogP contribution in [-0.2, 0) is 12.5 Å². The zero-order chi connectivity index (χ0) is 9.19. The second-order valence-corrected chi connectivity index (χ2v) is 3.80. The maximum atomic E-state index is 5.52. The van der Waals surface area contributed by atoms with E-state index in [4.69, 9.17) is 5.73 Å². The van der Waals surface area contributed by atoms with E-state index in [1.165, 1.54) is 0 Å². The molecule has 0 unspecified atom stereocenters. The van der Waals surface area contributed by atoms with Crippen molar-refractivity contribution in [3.05, 3.63) is 18.0 Å². The molecule has 0 aliphatic rings. The summed E-state index contributed by atoms with van der Waals surface area (Å²) in [6, 6.07) is 2.05. The summed E-state index contributed by atoms with van der Waals surface area (Å²) >= 11 is 0. The van der Waals surface area contributed by atoms with Crippen LogP contribution in [0.3, 0.4) is 0 Å². The first-order valence-electron chi connectivity index (χ1n) is 4.26. The van der Waals surface area contributed by atoms with Crippen molar-refractivity contribution in [1.29, 1.82) is 0 Å². The molecule has 3 nitrogen and oxygen atoms in total. The van der Waals surface area contributed by atoms with E-state index in [0.717, 1.165) is 12.1 Å². The summed E-state index contributed by atoms with van der Waals surface area (Å²) in [6.07, 6.45) is 2.94. The number of nitrogens with zero attached hydrogens (tertiary/aromatic N) is 2. The molecule has 0 saturated carbocycles. The predicted octanol–water partition coefficient (Wildman–Crippen LogP) is 1.05. The van der Waals surface area contributed by atoms with Crippen LogP contribution in [0.1, 0.15) is 26.0 Å². The van der Waals surface area contributed by atoms with Gasteiger partial charge in [0.2, 0.25) is 0 Å². The maximum absolute atomic E-state index is 5.52. The SMILES string of the molecule is Cn1ccc(C(C)(C)CCN)n1. The molecule has 0 fully saturated rings. The molecule has 0 amide bonds. The van der Waals surface area contributed by atoms with Crippen molar-refractivity contribution in [2.24, 2.45) is 12.8 Å². The molecule has 0 aliphatic carbocycles. The first kappa shape index (κ1) is 9.26. The Morgan fingerprint density at radius 1 is 1.58 bits per heavy atom. The fraction of sp³-hybridized carbons (Fsp3) is 0.667. The van der Waals surface area contributed by atoms with Gasteiger partial charge in [0.1, 0.15) is 0 Å². The molecule has 0 aliphatic heterocycles. The lowest BCUT2D eigenvalue weighted by atomic mass is 9.86. The average molecular weight is 167 g/mol. The Balaban J connectivity index is 2.81. The molecule has 0 bridgehead atoms. The van der Waals surface area contributed by atoms with Gasteiger partial charge in [0, 0.05) is 18.7 Å². The normalized spacial score (nSPS) is 12.0. The van der Waals surface area contributed by atoms with E-state index in [-0.39, 0.29) is 5.41 Å². The van der Waals surface area contributed by atoms with Gasteiger partial charge in [0.05, 0.1) is 5.69 Å². The molecule has 0 aromatic carbocycles. The molecule has 1 rings (SSSR count). The summed E-state index contributed by atoms with van der Waals surface area (Å²) in [7, 11) is 1.93. The minimum Gasteiger partial charge on any atom is -0.330 e. The summed E-state index contributed by atoms with van der Waals surface area (Å²) in [5, 5.41) is 4.36. The second kappa shape index (κ2) is 3.27. The third-order valence-corrected chi connectivity index (χ3v) is 2.18. The Morgan fingerprint density at radius 3 is 2.67 bits per heavy atom. The van der Waals surface area contributed by atoms with Crippen LogP contribution in [0.15, 0.2) is 12.3 Å². The molecule has 1 aromatic rings. The molecule has 0 spiro atoms. The van der Waals surface area contributed by atoms with Gasteiger partial charge in [-0.3, -0.25) is 4.68 Å². The van der Waals surface area contributed by atoms with E-state index >= 15 is 0 Å². The van der Waals surface area contributed by atoms with Gasteiger partial charge in [-0.05, 0) is 19.0 Å². The Morgan fingerprint density at radius 2 is 2.25 bits per heavy atom. The highest BCUT2D eigenvalue weighted by Crippen LogP contribution is 2.23. The van der Waals surface area contributed by atoms with Crippen LogP contribution in [0.4, 0.5) is 0 Å². The molecular formula is C9H17N3. The highest BCUT2D eigenvalue weighted by molar-refractivity contribution is 5.11. The number of aromatic nitrogens is 2. The minimum absolute atomic E-state index is 0.107. The van der Waals surface area contributed by atoms with Crippen LogP contribution in [0.2, 0.25) is 0 Å². The first-order valence-corrected chi connectivity index (χ1v) is 4.26. The Hall–Kier alpha value is -0.830. The fourth-order valence-corrected chi connectivity index (χ4v) is 1.26. The summed E-state index contributed by atoms with van der Waals surface area (Å²) in [5.41, 5.74) is 6.75. The highest BCUT2D eigenvalue weighted by atomic mass is 15.2. The highest BCUT2D eigenvalue weighted by Gasteiger charge is 2.21. The van der Waals surface area contributed by atoms with Gasteiger partial charge in [0.15, 0.2) is 0 Å². The monoisotopic (exact) mass is 167 g/mol. The largest absolute Gasteiger partial charge is 0.330 e. The summed E-state index contributed by atoms with van der Waals surface area (Å²) in [4.78, 5) is 0. The molecule has 0 atom stereocenters. The molecular weight excluding hydrogens is 150 g/mol. The standard InChI is InChI=1S/C9H17N3/c1-9(2,5-6-10)8-4-7-12(3)11-8/h4,7H,5-6,10H2,1-3H3. The molecule has 12 heavy (non-hydrogen) atoms. The zero-order valence-corrected chi connectivity index (χ0v) is 8.04. The lowest BCUT2D eigenvalue weighted by molar-refractivity contribution is 0.466. The van der Waals surface area contributed by atoms with E-state index in [9.17, 15) is 0 Å². The van der Waals surface area contributed by atoms with E-state index in [1.807, 2.05) is 17.9 Å². The van der Waals surface area contributed by atoms with Gasteiger partial charge in [0.25, 0.3) is 0 Å². The number of hydrogen-bond donors (Lipinski definition) is 1. The number of nitrogens with two attached hydrogens (primary N) is 1. The van der Waals surface area contributed by atoms with Crippen molar-refractivity contribution in [2.45, 2.75) is 25.7 Å². The molecule has 0 radical (unpaired) electrons. The smallest absolute Gasteiger partial charge is 0.0681 e. The van der Waals surface area contributed by atoms with E-state index in [2.05, 4.69) is 25.0 Å². The van der Waals surface area contributed by atoms with Crippen LogP contribution in [0, 0.1) is 0 Å². The number of aryl methyl sites for hydroxylation is 1. The van der Waals surface area contributed by atoms with Crippen molar-refractivity contribution < 1.29 is 0 Å². The molecule has 68 valence electrons. The second-order valence-electron chi connectivity index (χ2n) is 3.80. The van der Waals surface area contributed by atoms with Gasteiger partial charge in [-0.2, -0.15) is 5.10 Å². The molecule has 2 N–H and O–H groups in total. The Labute approximate surface area is 73.6 Å². The van der Waals surface area contributed by atoms with E-state index in [0.29, 0.717) is 6.54 Å². The molecule has 0 saturated heterocycles. The van der Waals surface area contributed by atoms with Crippen molar-refractivity contribution in [3.8, 4) is 0 Å². The van der Waals surface area contributed by atoms with Gasteiger partial charge >= 0.3 is 0 Å². The fourth-order valence-electron chi connectivity index (χ4n) is 1.26. The van der Waals surface area contributed by atoms with Crippen molar-refractivity contribution in [2.75, 3.05) is 6.54 Å². The zero-order valence-electron chi connectivity index (χ0n) is 8.04. The van der Waals surface area contributed by atoms with Gasteiger partial charge in [-0.15, -0.1) is 0 Å². The predicted molar refractivity (Wildman–Crippen MR) is 49.9 cm³/mol. The summed E-state index contributed by atoms with van der Waals surface area (Å²) < 4.78 is 1.83. The quantitative estimate of drug-likeness (QED) is 0.731. The van der Waals surface area contributed by atoms with E-state index < -0.39 is 0 Å². The third-order valence-electron chi connectivity index (χ3n) is 2.18. The lowest BCUT2D eigenvalue weighted by Gasteiger charge is -2.20. The number of hydrogen-bond acceptors (Lipinski definition) is 2. The maximum Gasteiger partial charge on any atom is 0.0681 e. The van der Waals surface area contributed by atoms with Crippen LogP contribution < -0.4 is 5.73 Å². The van der Waals surface area contributed by atoms with Crippen molar-refractivity contribution in [3.63, 3.8) is 0 Å². The third kappa shape index (κ3) is 1.85. The van der Waals surface area contributed by atoms with Gasteiger partial charge < -0.3 is 5.73 Å². The van der Waals surface area contributed by atoms with E-state index in [1.54, 1.807) is 0 Å². The van der Waals surface area contributed by atoms with Crippen LogP contribution >= 0.6 is 0 Å². The Kier molecular flexibility index (Phi) is 2.52. The summed E-state index contributed by atoms with van der Waals surface area (Å²) in [6.45, 7) is 5.05. The summed E-state index contributed by atoms with van der Waals surface area (Å²) in [5.74, 6) is 0. The van der Waals surface area contributed by atoms with Crippen LogP contribution in [0.25, 0.3) is 0 Å². The lowest BCUT2D eigenvalue weighted by Crippen LogP contribution is -2.22. The van der Waals surface area contributed by atoms with Crippen LogP contribution in [-0.4, -0.2) is 16.3 Å². The topological polar surface area (TPSA) is 43.8 Å². The molecule has 1 aromatic heterocycles. The van der Waals surface area contributed by atoms with Gasteiger partial charge in [-0.1, -0.05) is 13.8 Å². The van der Waals surface area contributed by atoms with Crippen LogP contribution in [0.5, 0.6) is 0 Å². The minimum atomic E-state index is 0.107. The first-order chi connectivity index (χ1) is 5.56. The molecule has 3 heteroatoms. The number of rotatable bonds is 3. The van der Waals surface area contributed by atoms with Crippen molar-refractivity contribution in [1.82, 2.24) is 9.78 Å². The Bertz CT molecular complexity index is 250. The average Bonchev–Trinajstić information content (AvgIpc) is 2.36. The van der Waals surface area contributed by atoms with Gasteiger partial charge in [-0.25, -0.2) is 0 Å².